The molecule has 4 nitrogen and oxygen atoms in total. The summed E-state index contributed by atoms with van der Waals surface area (Å²) in [5.74, 6) is 1.25. The van der Waals surface area contributed by atoms with Gasteiger partial charge in [0.05, 0.1) is 6.54 Å². The van der Waals surface area contributed by atoms with Gasteiger partial charge in [-0.15, -0.1) is 10.2 Å². The maximum absolute atomic E-state index is 13.3. The highest BCUT2D eigenvalue weighted by atomic mass is 79.9. The van der Waals surface area contributed by atoms with E-state index in [4.69, 9.17) is 5.73 Å². The summed E-state index contributed by atoms with van der Waals surface area (Å²) in [5.41, 5.74) is 6.61. The van der Waals surface area contributed by atoms with Crippen LogP contribution in [0.15, 0.2) is 27.8 Å². The lowest BCUT2D eigenvalue weighted by molar-refractivity contribution is 0.624. The Kier molecular flexibility index (Phi) is 4.09. The third kappa shape index (κ3) is 3.05. The van der Waals surface area contributed by atoms with Crippen LogP contribution in [0.5, 0.6) is 0 Å². The van der Waals surface area contributed by atoms with Gasteiger partial charge >= 0.3 is 0 Å². The molecule has 20 heavy (non-hydrogen) atoms. The fourth-order valence-corrected chi connectivity index (χ4v) is 3.55. The van der Waals surface area contributed by atoms with E-state index in [1.54, 1.807) is 17.8 Å². The number of aromatic nitrogens is 3. The number of rotatable bonds is 5. The molecule has 0 unspecified atom stereocenters. The molecule has 1 aromatic carbocycles. The fourth-order valence-electron chi connectivity index (χ4n) is 2.09. The topological polar surface area (TPSA) is 56.7 Å². The van der Waals surface area contributed by atoms with Crippen molar-refractivity contribution in [2.75, 3.05) is 0 Å². The third-order valence-corrected chi connectivity index (χ3v) is 4.59. The smallest absolute Gasteiger partial charge is 0.191 e. The van der Waals surface area contributed by atoms with Crippen molar-refractivity contribution >= 4 is 27.7 Å². The first-order valence-electron chi connectivity index (χ1n) is 6.39. The Morgan fingerprint density at radius 3 is 2.80 bits per heavy atom. The molecular formula is C13H14BrFN4S. The number of hydrogen-bond donors (Lipinski definition) is 1. The van der Waals surface area contributed by atoms with Crippen molar-refractivity contribution in [2.24, 2.45) is 5.73 Å². The molecule has 0 bridgehead atoms. The van der Waals surface area contributed by atoms with E-state index in [0.717, 1.165) is 33.9 Å². The summed E-state index contributed by atoms with van der Waals surface area (Å²) in [5, 5.41) is 9.19. The minimum Gasteiger partial charge on any atom is -0.324 e. The van der Waals surface area contributed by atoms with Gasteiger partial charge in [-0.1, -0.05) is 27.7 Å². The second kappa shape index (κ2) is 5.83. The van der Waals surface area contributed by atoms with E-state index in [1.165, 1.54) is 6.07 Å². The number of benzene rings is 1. The highest BCUT2D eigenvalue weighted by Gasteiger charge is 2.29. The minimum atomic E-state index is -0.235. The molecule has 0 saturated heterocycles. The zero-order chi connectivity index (χ0) is 14.1. The van der Waals surface area contributed by atoms with Crippen LogP contribution in [0.1, 0.15) is 30.3 Å². The van der Waals surface area contributed by atoms with E-state index in [2.05, 4.69) is 30.7 Å². The lowest BCUT2D eigenvalue weighted by Crippen LogP contribution is -2.08. The molecule has 7 heteroatoms. The van der Waals surface area contributed by atoms with Crippen molar-refractivity contribution < 1.29 is 4.39 Å². The highest BCUT2D eigenvalue weighted by Crippen LogP contribution is 2.39. The molecule has 0 radical (unpaired) electrons. The minimum absolute atomic E-state index is 0.235. The largest absolute Gasteiger partial charge is 0.324 e. The Labute approximate surface area is 129 Å². The fraction of sp³-hybridized carbons (Fsp3) is 0.385. The molecular weight excluding hydrogens is 343 g/mol. The van der Waals surface area contributed by atoms with Gasteiger partial charge in [0, 0.05) is 16.3 Å². The van der Waals surface area contributed by atoms with Gasteiger partial charge in [-0.25, -0.2) is 4.39 Å². The van der Waals surface area contributed by atoms with Crippen LogP contribution in [0.2, 0.25) is 0 Å². The summed E-state index contributed by atoms with van der Waals surface area (Å²) in [6, 6.07) is 5.40. The van der Waals surface area contributed by atoms with Gasteiger partial charge in [0.25, 0.3) is 0 Å². The summed E-state index contributed by atoms with van der Waals surface area (Å²) in [7, 11) is 0. The number of hydrogen-bond acceptors (Lipinski definition) is 4. The molecule has 1 aliphatic carbocycles. The Bertz CT molecular complexity index is 607. The first kappa shape index (κ1) is 14.0. The van der Waals surface area contributed by atoms with Crippen LogP contribution in [0.4, 0.5) is 4.39 Å². The second-order valence-electron chi connectivity index (χ2n) is 4.77. The van der Waals surface area contributed by atoms with Gasteiger partial charge < -0.3 is 10.3 Å². The van der Waals surface area contributed by atoms with Gasteiger partial charge in [-0.2, -0.15) is 0 Å². The Hall–Kier alpha value is -0.920. The first-order chi connectivity index (χ1) is 9.67. The summed E-state index contributed by atoms with van der Waals surface area (Å²) >= 11 is 4.87. The van der Waals surface area contributed by atoms with Crippen LogP contribution in [0.25, 0.3) is 0 Å². The molecule has 2 N–H and O–H groups in total. The quantitative estimate of drug-likeness (QED) is 0.835. The predicted molar refractivity (Wildman–Crippen MR) is 79.8 cm³/mol. The standard InChI is InChI=1S/C13H14BrFN4S/c14-9-3-8(4-10(15)5-9)7-20-13-18-17-12(6-16)19(13)11-1-2-11/h3-5,11H,1-2,6-7,16H2. The van der Waals surface area contributed by atoms with E-state index >= 15 is 0 Å². The van der Waals surface area contributed by atoms with Crippen molar-refractivity contribution in [3.63, 3.8) is 0 Å². The third-order valence-electron chi connectivity index (χ3n) is 3.12. The first-order valence-corrected chi connectivity index (χ1v) is 8.17. The van der Waals surface area contributed by atoms with E-state index < -0.39 is 0 Å². The number of thioether (sulfide) groups is 1. The number of nitrogens with zero attached hydrogens (tertiary/aromatic N) is 3. The van der Waals surface area contributed by atoms with Gasteiger partial charge in [-0.05, 0) is 36.6 Å². The SMILES string of the molecule is NCc1nnc(SCc2cc(F)cc(Br)c2)n1C1CC1. The van der Waals surface area contributed by atoms with Crippen molar-refractivity contribution in [3.8, 4) is 0 Å². The number of nitrogens with two attached hydrogens (primary N) is 1. The molecule has 0 spiro atoms. The van der Waals surface area contributed by atoms with Crippen LogP contribution in [-0.4, -0.2) is 14.8 Å². The lowest BCUT2D eigenvalue weighted by atomic mass is 10.2. The lowest BCUT2D eigenvalue weighted by Gasteiger charge is -2.07. The molecule has 2 aromatic rings. The van der Waals surface area contributed by atoms with E-state index in [9.17, 15) is 4.39 Å². The second-order valence-corrected chi connectivity index (χ2v) is 6.63. The molecule has 0 atom stereocenters. The van der Waals surface area contributed by atoms with Gasteiger partial charge in [0.2, 0.25) is 0 Å². The Morgan fingerprint density at radius 1 is 1.35 bits per heavy atom. The zero-order valence-electron chi connectivity index (χ0n) is 10.7. The summed E-state index contributed by atoms with van der Waals surface area (Å²) in [6.07, 6.45) is 2.31. The van der Waals surface area contributed by atoms with Gasteiger partial charge in [0.15, 0.2) is 5.16 Å². The van der Waals surface area contributed by atoms with Gasteiger partial charge in [-0.3, -0.25) is 0 Å². The van der Waals surface area contributed by atoms with E-state index in [0.29, 0.717) is 18.3 Å². The predicted octanol–water partition coefficient (Wildman–Crippen LogP) is 3.27. The molecule has 1 fully saturated rings. The van der Waals surface area contributed by atoms with Crippen molar-refractivity contribution in [3.05, 3.63) is 39.9 Å². The highest BCUT2D eigenvalue weighted by molar-refractivity contribution is 9.10. The molecule has 1 aliphatic rings. The summed E-state index contributed by atoms with van der Waals surface area (Å²) < 4.78 is 16.2. The van der Waals surface area contributed by atoms with E-state index in [-0.39, 0.29) is 5.82 Å². The maximum atomic E-state index is 13.3. The molecule has 3 rings (SSSR count). The van der Waals surface area contributed by atoms with Crippen LogP contribution in [0, 0.1) is 5.82 Å². The molecule has 0 aliphatic heterocycles. The molecule has 106 valence electrons. The normalized spacial score (nSPS) is 14.8. The Balaban J connectivity index is 1.76. The molecule has 1 heterocycles. The molecule has 1 aromatic heterocycles. The summed E-state index contributed by atoms with van der Waals surface area (Å²) in [6.45, 7) is 0.398. The van der Waals surface area contributed by atoms with Crippen LogP contribution in [0.3, 0.4) is 0 Å². The maximum Gasteiger partial charge on any atom is 0.191 e. The monoisotopic (exact) mass is 356 g/mol. The van der Waals surface area contributed by atoms with Crippen molar-refractivity contribution in [2.45, 2.75) is 36.3 Å². The van der Waals surface area contributed by atoms with Crippen molar-refractivity contribution in [1.82, 2.24) is 14.8 Å². The molecule has 0 amide bonds. The van der Waals surface area contributed by atoms with Gasteiger partial charge in [0.1, 0.15) is 11.6 Å². The van der Waals surface area contributed by atoms with Crippen LogP contribution < -0.4 is 5.73 Å². The average Bonchev–Trinajstić information content (AvgIpc) is 3.15. The number of halogens is 2. The average molecular weight is 357 g/mol. The van der Waals surface area contributed by atoms with Crippen LogP contribution in [-0.2, 0) is 12.3 Å². The Morgan fingerprint density at radius 2 is 2.15 bits per heavy atom. The zero-order valence-corrected chi connectivity index (χ0v) is 13.1. The van der Waals surface area contributed by atoms with Crippen LogP contribution >= 0.6 is 27.7 Å². The van der Waals surface area contributed by atoms with Crippen molar-refractivity contribution in [1.29, 1.82) is 0 Å². The molecule has 1 saturated carbocycles. The summed E-state index contributed by atoms with van der Waals surface area (Å²) in [4.78, 5) is 0. The van der Waals surface area contributed by atoms with E-state index in [1.807, 2.05) is 6.07 Å².